The first kappa shape index (κ1) is 20.1. The minimum atomic E-state index is -0.579. The third kappa shape index (κ3) is 4.26. The summed E-state index contributed by atoms with van der Waals surface area (Å²) in [7, 11) is 0. The van der Waals surface area contributed by atoms with E-state index >= 15 is 0 Å². The molecule has 0 saturated carbocycles. The summed E-state index contributed by atoms with van der Waals surface area (Å²) in [5, 5.41) is 4.23. The van der Waals surface area contributed by atoms with Gasteiger partial charge >= 0.3 is 5.97 Å². The lowest BCUT2D eigenvalue weighted by Gasteiger charge is -2.13. The number of nitrogens with zero attached hydrogens (tertiary/aromatic N) is 1. The summed E-state index contributed by atoms with van der Waals surface area (Å²) in [4.78, 5) is 29.4. The Morgan fingerprint density at radius 1 is 1.14 bits per heavy atom. The molecule has 28 heavy (non-hydrogen) atoms. The third-order valence-electron chi connectivity index (χ3n) is 4.31. The maximum atomic E-state index is 12.7. The zero-order chi connectivity index (χ0) is 20.3. The number of fused-ring (bicyclic) bond motifs is 1. The van der Waals surface area contributed by atoms with Crippen molar-refractivity contribution in [1.29, 1.82) is 0 Å². The van der Waals surface area contributed by atoms with E-state index < -0.39 is 18.5 Å². The number of amides is 1. The number of hydrogen-bond acceptors (Lipinski definition) is 4. The van der Waals surface area contributed by atoms with Crippen molar-refractivity contribution < 1.29 is 14.3 Å². The second-order valence-corrected chi connectivity index (χ2v) is 7.02. The van der Waals surface area contributed by atoms with Crippen LogP contribution in [0.15, 0.2) is 42.5 Å². The van der Waals surface area contributed by atoms with E-state index in [1.54, 1.807) is 12.1 Å². The molecule has 0 unspecified atom stereocenters. The number of aromatic nitrogens is 1. The predicted octanol–water partition coefficient (Wildman–Crippen LogP) is 5.21. The highest BCUT2D eigenvalue weighted by Crippen LogP contribution is 2.26. The summed E-state index contributed by atoms with van der Waals surface area (Å²) in [5.41, 5.74) is 3.04. The van der Waals surface area contributed by atoms with Gasteiger partial charge in [-0.2, -0.15) is 0 Å². The van der Waals surface area contributed by atoms with Crippen LogP contribution < -0.4 is 5.32 Å². The van der Waals surface area contributed by atoms with E-state index in [2.05, 4.69) is 10.3 Å². The fourth-order valence-corrected chi connectivity index (χ4v) is 3.40. The second-order valence-electron chi connectivity index (χ2n) is 6.18. The molecule has 1 amide bonds. The number of benzene rings is 2. The van der Waals surface area contributed by atoms with E-state index in [1.807, 2.05) is 38.1 Å². The Hall–Kier alpha value is -2.63. The third-order valence-corrected chi connectivity index (χ3v) is 4.85. The van der Waals surface area contributed by atoms with Crippen molar-refractivity contribution in [3.63, 3.8) is 0 Å². The number of halogens is 2. The topological polar surface area (TPSA) is 68.3 Å². The monoisotopic (exact) mass is 416 g/mol. The number of para-hydroxylation sites is 1. The van der Waals surface area contributed by atoms with E-state index in [0.717, 1.165) is 16.5 Å². The molecule has 0 aliphatic heterocycles. The Morgan fingerprint density at radius 2 is 1.89 bits per heavy atom. The van der Waals surface area contributed by atoms with Gasteiger partial charge in [0.1, 0.15) is 0 Å². The van der Waals surface area contributed by atoms with Crippen molar-refractivity contribution >= 4 is 51.7 Å². The van der Waals surface area contributed by atoms with Gasteiger partial charge in [-0.3, -0.25) is 9.78 Å². The molecule has 0 fully saturated rings. The molecule has 0 radical (unpaired) electrons. The largest absolute Gasteiger partial charge is 0.452 e. The van der Waals surface area contributed by atoms with Crippen LogP contribution in [0.5, 0.6) is 0 Å². The molecule has 0 saturated heterocycles. The zero-order valence-electron chi connectivity index (χ0n) is 15.4. The molecule has 0 bridgehead atoms. The van der Waals surface area contributed by atoms with Crippen LogP contribution in [0.1, 0.15) is 28.5 Å². The van der Waals surface area contributed by atoms with Crippen molar-refractivity contribution in [3.8, 4) is 0 Å². The summed E-state index contributed by atoms with van der Waals surface area (Å²) in [6.07, 6.45) is 0.572. The summed E-state index contributed by atoms with van der Waals surface area (Å²) in [6, 6.07) is 12.3. The summed E-state index contributed by atoms with van der Waals surface area (Å²) in [5.74, 6) is -1.08. The van der Waals surface area contributed by atoms with E-state index in [0.29, 0.717) is 33.4 Å². The Kier molecular flexibility index (Phi) is 6.17. The quantitative estimate of drug-likeness (QED) is 0.579. The number of pyridine rings is 1. The van der Waals surface area contributed by atoms with Crippen LogP contribution in [-0.4, -0.2) is 23.5 Å². The highest BCUT2D eigenvalue weighted by molar-refractivity contribution is 6.36. The van der Waals surface area contributed by atoms with E-state index in [1.165, 1.54) is 6.07 Å². The molecule has 0 aliphatic carbocycles. The van der Waals surface area contributed by atoms with Gasteiger partial charge in [-0.1, -0.05) is 48.3 Å². The van der Waals surface area contributed by atoms with Crippen molar-refractivity contribution in [2.24, 2.45) is 0 Å². The number of nitrogens with one attached hydrogen (secondary N) is 1. The van der Waals surface area contributed by atoms with Crippen molar-refractivity contribution in [2.75, 3.05) is 11.9 Å². The predicted molar refractivity (Wildman–Crippen MR) is 111 cm³/mol. The number of carbonyl (C=O) groups is 2. The number of hydrogen-bond donors (Lipinski definition) is 1. The average molecular weight is 417 g/mol. The molecule has 1 heterocycles. The van der Waals surface area contributed by atoms with Crippen molar-refractivity contribution in [2.45, 2.75) is 20.3 Å². The molecule has 1 aromatic heterocycles. The second kappa shape index (κ2) is 8.59. The van der Waals surface area contributed by atoms with Gasteiger partial charge in [0, 0.05) is 10.4 Å². The highest BCUT2D eigenvalue weighted by atomic mass is 35.5. The lowest BCUT2D eigenvalue weighted by molar-refractivity contribution is -0.119. The Labute approximate surface area is 172 Å². The minimum absolute atomic E-state index is 0.301. The molecule has 0 atom stereocenters. The fraction of sp³-hybridized carbons (Fsp3) is 0.190. The van der Waals surface area contributed by atoms with Crippen LogP contribution in [-0.2, 0) is 16.0 Å². The fourth-order valence-electron chi connectivity index (χ4n) is 2.95. The van der Waals surface area contributed by atoms with Gasteiger partial charge in [-0.05, 0) is 43.2 Å². The molecular formula is C21H18Cl2N2O3. The molecule has 1 N–H and O–H groups in total. The smallest absolute Gasteiger partial charge is 0.340 e. The van der Waals surface area contributed by atoms with Gasteiger partial charge < -0.3 is 10.1 Å². The van der Waals surface area contributed by atoms with Gasteiger partial charge in [0.05, 0.1) is 27.5 Å². The Bertz CT molecular complexity index is 1070. The van der Waals surface area contributed by atoms with Crippen molar-refractivity contribution in [1.82, 2.24) is 4.98 Å². The van der Waals surface area contributed by atoms with Crippen LogP contribution in [0.3, 0.4) is 0 Å². The number of carbonyl (C=O) groups excluding carboxylic acids is 2. The molecule has 0 aliphatic rings. The number of aryl methyl sites for hydroxylation is 2. The molecule has 7 heteroatoms. The average Bonchev–Trinajstić information content (AvgIpc) is 2.68. The first-order valence-corrected chi connectivity index (χ1v) is 9.46. The normalized spacial score (nSPS) is 10.7. The molecule has 2 aromatic carbocycles. The van der Waals surface area contributed by atoms with Gasteiger partial charge in [0.15, 0.2) is 6.61 Å². The van der Waals surface area contributed by atoms with Gasteiger partial charge in [-0.25, -0.2) is 4.79 Å². The van der Waals surface area contributed by atoms with Gasteiger partial charge in [-0.15, -0.1) is 0 Å². The van der Waals surface area contributed by atoms with Crippen LogP contribution in [0.4, 0.5) is 5.69 Å². The van der Waals surface area contributed by atoms with Crippen LogP contribution in [0.2, 0.25) is 10.0 Å². The van der Waals surface area contributed by atoms with E-state index in [9.17, 15) is 9.59 Å². The minimum Gasteiger partial charge on any atom is -0.452 e. The SMILES string of the molecule is CCc1nc2ccccc2c(C)c1C(=O)OCC(=O)Nc1ccc(Cl)cc1Cl. The first-order valence-electron chi connectivity index (χ1n) is 8.71. The molecule has 144 valence electrons. The zero-order valence-corrected chi connectivity index (χ0v) is 16.9. The molecule has 0 spiro atoms. The van der Waals surface area contributed by atoms with Crippen LogP contribution >= 0.6 is 23.2 Å². The molecule has 5 nitrogen and oxygen atoms in total. The maximum absolute atomic E-state index is 12.7. The Balaban J connectivity index is 1.76. The number of esters is 1. The van der Waals surface area contributed by atoms with Gasteiger partial charge in [0.25, 0.3) is 5.91 Å². The molecular weight excluding hydrogens is 399 g/mol. The maximum Gasteiger partial charge on any atom is 0.340 e. The number of rotatable bonds is 5. The Morgan fingerprint density at radius 3 is 2.61 bits per heavy atom. The summed E-state index contributed by atoms with van der Waals surface area (Å²) < 4.78 is 5.24. The summed E-state index contributed by atoms with van der Waals surface area (Å²) >= 11 is 11.9. The summed E-state index contributed by atoms with van der Waals surface area (Å²) in [6.45, 7) is 3.34. The van der Waals surface area contributed by atoms with Crippen molar-refractivity contribution in [3.05, 3.63) is 69.3 Å². The van der Waals surface area contributed by atoms with E-state index in [4.69, 9.17) is 27.9 Å². The lowest BCUT2D eigenvalue weighted by Crippen LogP contribution is -2.22. The lowest BCUT2D eigenvalue weighted by atomic mass is 10.0. The van der Waals surface area contributed by atoms with Crippen LogP contribution in [0.25, 0.3) is 10.9 Å². The van der Waals surface area contributed by atoms with E-state index in [-0.39, 0.29) is 0 Å². The molecule has 3 aromatic rings. The van der Waals surface area contributed by atoms with Crippen LogP contribution in [0, 0.1) is 6.92 Å². The standard InChI is InChI=1S/C21H18Cl2N2O3/c1-3-16-20(12(2)14-6-4-5-7-17(14)24-16)21(27)28-11-19(26)25-18-9-8-13(22)10-15(18)23/h4-10H,3,11H2,1-2H3,(H,25,26). The number of anilines is 1. The molecule has 3 rings (SSSR count). The highest BCUT2D eigenvalue weighted by Gasteiger charge is 2.20. The first-order chi connectivity index (χ1) is 13.4. The van der Waals surface area contributed by atoms with Gasteiger partial charge in [0.2, 0.25) is 0 Å². The number of ether oxygens (including phenoxy) is 1.